The van der Waals surface area contributed by atoms with Crippen LogP contribution in [-0.4, -0.2) is 9.13 Å². The highest BCUT2D eigenvalue weighted by molar-refractivity contribution is 6.43. The molecule has 0 spiro atoms. The molecule has 0 radical (unpaired) electrons. The number of benzene rings is 1. The number of nitrogens with zero attached hydrogens (tertiary/aromatic N) is 2. The van der Waals surface area contributed by atoms with E-state index in [-0.39, 0.29) is 5.69 Å². The van der Waals surface area contributed by atoms with Gasteiger partial charge in [0.25, 0.3) is 0 Å². The Bertz CT molecular complexity index is 557. The standard InChI is InChI=1S/C10H8Cl2N2O/c1-13-5-6-14(10(13)15)8-4-2-3-7(11)9(8)12/h2-6H,1H3. The fourth-order valence-electron chi connectivity index (χ4n) is 1.33. The molecule has 0 saturated heterocycles. The van der Waals surface area contributed by atoms with E-state index in [1.54, 1.807) is 37.6 Å². The van der Waals surface area contributed by atoms with Gasteiger partial charge in [-0.1, -0.05) is 29.3 Å². The van der Waals surface area contributed by atoms with Crippen LogP contribution >= 0.6 is 23.2 Å². The third kappa shape index (κ3) is 1.68. The molecule has 0 aliphatic rings. The smallest absolute Gasteiger partial charge is 0.302 e. The minimum absolute atomic E-state index is 0.154. The SMILES string of the molecule is Cn1ccn(-c2cccc(Cl)c2Cl)c1=O. The van der Waals surface area contributed by atoms with Crippen molar-refractivity contribution in [1.82, 2.24) is 9.13 Å². The average molecular weight is 243 g/mol. The van der Waals surface area contributed by atoms with Crippen LogP contribution in [0.5, 0.6) is 0 Å². The van der Waals surface area contributed by atoms with E-state index in [2.05, 4.69) is 0 Å². The summed E-state index contributed by atoms with van der Waals surface area (Å²) in [6.07, 6.45) is 3.32. The normalized spacial score (nSPS) is 10.6. The fourth-order valence-corrected chi connectivity index (χ4v) is 1.71. The Morgan fingerprint density at radius 3 is 2.53 bits per heavy atom. The minimum Gasteiger partial charge on any atom is -0.302 e. The van der Waals surface area contributed by atoms with Crippen molar-refractivity contribution >= 4 is 23.2 Å². The number of hydrogen-bond donors (Lipinski definition) is 0. The Balaban J connectivity index is 2.70. The van der Waals surface area contributed by atoms with Gasteiger partial charge in [-0.15, -0.1) is 0 Å². The van der Waals surface area contributed by atoms with Gasteiger partial charge in [-0.25, -0.2) is 4.79 Å². The molecular formula is C10H8Cl2N2O. The highest BCUT2D eigenvalue weighted by atomic mass is 35.5. The second-order valence-electron chi connectivity index (χ2n) is 3.13. The quantitative estimate of drug-likeness (QED) is 0.755. The highest BCUT2D eigenvalue weighted by Gasteiger charge is 2.08. The van der Waals surface area contributed by atoms with E-state index >= 15 is 0 Å². The summed E-state index contributed by atoms with van der Waals surface area (Å²) in [6.45, 7) is 0. The molecule has 0 unspecified atom stereocenters. The summed E-state index contributed by atoms with van der Waals surface area (Å²) in [6, 6.07) is 5.18. The number of aryl methyl sites for hydroxylation is 1. The molecule has 0 aliphatic carbocycles. The lowest BCUT2D eigenvalue weighted by molar-refractivity contribution is 0.824. The minimum atomic E-state index is -0.154. The van der Waals surface area contributed by atoms with Gasteiger partial charge in [0.15, 0.2) is 0 Å². The highest BCUT2D eigenvalue weighted by Crippen LogP contribution is 2.27. The zero-order valence-electron chi connectivity index (χ0n) is 7.95. The maximum atomic E-state index is 11.7. The molecule has 5 heteroatoms. The second-order valence-corrected chi connectivity index (χ2v) is 3.92. The number of aromatic nitrogens is 2. The molecule has 0 saturated carbocycles. The average Bonchev–Trinajstić information content (AvgIpc) is 2.53. The Morgan fingerprint density at radius 1 is 1.20 bits per heavy atom. The van der Waals surface area contributed by atoms with Crippen molar-refractivity contribution in [2.75, 3.05) is 0 Å². The molecule has 15 heavy (non-hydrogen) atoms. The number of imidazole rings is 1. The topological polar surface area (TPSA) is 26.9 Å². The molecule has 2 aromatic rings. The van der Waals surface area contributed by atoms with Gasteiger partial charge in [0.1, 0.15) is 0 Å². The van der Waals surface area contributed by atoms with Crippen LogP contribution in [0.25, 0.3) is 5.69 Å². The molecule has 0 bridgehead atoms. The number of halogens is 2. The summed E-state index contributed by atoms with van der Waals surface area (Å²) in [4.78, 5) is 11.7. The van der Waals surface area contributed by atoms with Crippen LogP contribution in [0.15, 0.2) is 35.4 Å². The third-order valence-electron chi connectivity index (χ3n) is 2.14. The van der Waals surface area contributed by atoms with Crippen molar-refractivity contribution in [2.24, 2.45) is 7.05 Å². The van der Waals surface area contributed by atoms with Crippen LogP contribution in [0.2, 0.25) is 10.0 Å². The van der Waals surface area contributed by atoms with E-state index in [0.29, 0.717) is 15.7 Å². The van der Waals surface area contributed by atoms with Gasteiger partial charge >= 0.3 is 5.69 Å². The molecule has 1 aromatic carbocycles. The predicted molar refractivity (Wildman–Crippen MR) is 61.0 cm³/mol. The maximum Gasteiger partial charge on any atom is 0.332 e. The molecular weight excluding hydrogens is 235 g/mol. The largest absolute Gasteiger partial charge is 0.332 e. The first-order valence-electron chi connectivity index (χ1n) is 4.29. The summed E-state index contributed by atoms with van der Waals surface area (Å²) in [5.74, 6) is 0. The Kier molecular flexibility index (Phi) is 2.59. The van der Waals surface area contributed by atoms with Crippen LogP contribution < -0.4 is 5.69 Å². The lowest BCUT2D eigenvalue weighted by atomic mass is 10.3. The van der Waals surface area contributed by atoms with Gasteiger partial charge in [0, 0.05) is 19.4 Å². The lowest BCUT2D eigenvalue weighted by Gasteiger charge is -2.04. The van der Waals surface area contributed by atoms with Crippen molar-refractivity contribution in [1.29, 1.82) is 0 Å². The Hall–Kier alpha value is -1.19. The summed E-state index contributed by atoms with van der Waals surface area (Å²) in [7, 11) is 1.68. The van der Waals surface area contributed by atoms with Crippen molar-refractivity contribution in [3.63, 3.8) is 0 Å². The van der Waals surface area contributed by atoms with E-state index in [9.17, 15) is 4.79 Å². The molecule has 3 nitrogen and oxygen atoms in total. The Labute approximate surface area is 96.5 Å². The molecule has 0 amide bonds. The molecule has 78 valence electrons. The van der Waals surface area contributed by atoms with E-state index in [1.165, 1.54) is 9.13 Å². The van der Waals surface area contributed by atoms with Crippen molar-refractivity contribution in [2.45, 2.75) is 0 Å². The van der Waals surface area contributed by atoms with Crippen LogP contribution in [0.1, 0.15) is 0 Å². The first-order valence-corrected chi connectivity index (χ1v) is 5.05. The van der Waals surface area contributed by atoms with Gasteiger partial charge in [-0.05, 0) is 12.1 Å². The lowest BCUT2D eigenvalue weighted by Crippen LogP contribution is -2.20. The van der Waals surface area contributed by atoms with Crippen molar-refractivity contribution in [3.8, 4) is 5.69 Å². The summed E-state index contributed by atoms with van der Waals surface area (Å²) >= 11 is 11.9. The van der Waals surface area contributed by atoms with Crippen LogP contribution in [0.3, 0.4) is 0 Å². The first-order chi connectivity index (χ1) is 7.11. The molecule has 0 aliphatic heterocycles. The van der Waals surface area contributed by atoms with E-state index in [0.717, 1.165) is 0 Å². The zero-order chi connectivity index (χ0) is 11.0. The van der Waals surface area contributed by atoms with Gasteiger partial charge in [-0.3, -0.25) is 4.57 Å². The van der Waals surface area contributed by atoms with Gasteiger partial charge in [0.2, 0.25) is 0 Å². The first kappa shape index (κ1) is 10.3. The molecule has 0 atom stereocenters. The van der Waals surface area contributed by atoms with E-state index < -0.39 is 0 Å². The summed E-state index contributed by atoms with van der Waals surface area (Å²) < 4.78 is 2.92. The monoisotopic (exact) mass is 242 g/mol. The zero-order valence-corrected chi connectivity index (χ0v) is 9.46. The van der Waals surface area contributed by atoms with Gasteiger partial charge in [-0.2, -0.15) is 0 Å². The molecule has 0 fully saturated rings. The molecule has 0 N–H and O–H groups in total. The van der Waals surface area contributed by atoms with Crippen molar-refractivity contribution < 1.29 is 0 Å². The van der Waals surface area contributed by atoms with Crippen molar-refractivity contribution in [3.05, 3.63) is 51.1 Å². The molecule has 1 aromatic heterocycles. The fraction of sp³-hybridized carbons (Fsp3) is 0.100. The van der Waals surface area contributed by atoms with E-state index in [4.69, 9.17) is 23.2 Å². The van der Waals surface area contributed by atoms with E-state index in [1.807, 2.05) is 0 Å². The van der Waals surface area contributed by atoms with Crippen LogP contribution in [-0.2, 0) is 7.05 Å². The maximum absolute atomic E-state index is 11.7. The predicted octanol–water partition coefficient (Wildman–Crippen LogP) is 2.48. The van der Waals surface area contributed by atoms with Crippen LogP contribution in [0, 0.1) is 0 Å². The Morgan fingerprint density at radius 2 is 1.93 bits per heavy atom. The van der Waals surface area contributed by atoms with Gasteiger partial charge in [0.05, 0.1) is 15.7 Å². The second kappa shape index (κ2) is 3.76. The number of rotatable bonds is 1. The third-order valence-corrected chi connectivity index (χ3v) is 2.95. The number of hydrogen-bond acceptors (Lipinski definition) is 1. The molecule has 1 heterocycles. The van der Waals surface area contributed by atoms with Gasteiger partial charge < -0.3 is 4.57 Å². The summed E-state index contributed by atoms with van der Waals surface area (Å²) in [5.41, 5.74) is 0.439. The summed E-state index contributed by atoms with van der Waals surface area (Å²) in [5, 5.41) is 0.817. The van der Waals surface area contributed by atoms with Crippen LogP contribution in [0.4, 0.5) is 0 Å². The molecule has 2 rings (SSSR count).